The molecule has 0 unspecified atom stereocenters. The molecule has 1 aromatic carbocycles. The average molecular weight is 400 g/mol. The zero-order valence-electron chi connectivity index (χ0n) is 16.0. The van der Waals surface area contributed by atoms with Gasteiger partial charge >= 0.3 is 0 Å². The molecule has 0 saturated carbocycles. The van der Waals surface area contributed by atoms with Gasteiger partial charge in [0.25, 0.3) is 5.91 Å². The number of aryl methyl sites for hydroxylation is 2. The third kappa shape index (κ3) is 3.10. The highest BCUT2D eigenvalue weighted by Crippen LogP contribution is 2.31. The number of carbonyl (C=O) groups excluding carboxylic acids is 1. The number of hydrogen-bond donors (Lipinski definition) is 2. The molecule has 2 N–H and O–H groups in total. The van der Waals surface area contributed by atoms with Crippen LogP contribution in [0.15, 0.2) is 24.4 Å². The van der Waals surface area contributed by atoms with E-state index in [1.54, 1.807) is 6.20 Å². The summed E-state index contributed by atoms with van der Waals surface area (Å²) in [5.74, 6) is -0.218. The number of amides is 1. The fraction of sp³-hybridized carbons (Fsp3) is 0.350. The Hall–Kier alpha value is -2.64. The molecule has 146 valence electrons. The highest BCUT2D eigenvalue weighted by Gasteiger charge is 2.29. The van der Waals surface area contributed by atoms with Gasteiger partial charge in [0.1, 0.15) is 0 Å². The molecule has 7 nitrogen and oxygen atoms in total. The highest BCUT2D eigenvalue weighted by molar-refractivity contribution is 6.32. The summed E-state index contributed by atoms with van der Waals surface area (Å²) in [6, 6.07) is 5.44. The van der Waals surface area contributed by atoms with Gasteiger partial charge in [-0.25, -0.2) is 4.68 Å². The Morgan fingerprint density at radius 3 is 3.00 bits per heavy atom. The van der Waals surface area contributed by atoms with Crippen LogP contribution in [-0.4, -0.2) is 32.5 Å². The van der Waals surface area contributed by atoms with E-state index in [1.165, 1.54) is 0 Å². The number of para-hydroxylation sites is 1. The van der Waals surface area contributed by atoms with Gasteiger partial charge in [-0.3, -0.25) is 9.89 Å². The Bertz CT molecular complexity index is 1020. The number of nitrogens with zero attached hydrogens (tertiary/aromatic N) is 3. The van der Waals surface area contributed by atoms with E-state index in [0.717, 1.165) is 40.2 Å². The lowest BCUT2D eigenvalue weighted by molar-refractivity contribution is 0.0684. The number of fused-ring (bicyclic) bond motifs is 1. The first-order valence-corrected chi connectivity index (χ1v) is 9.63. The smallest absolute Gasteiger partial charge is 0.272 e. The molecule has 0 radical (unpaired) electrons. The number of aromatic nitrogens is 4. The van der Waals surface area contributed by atoms with Gasteiger partial charge in [-0.1, -0.05) is 30.7 Å². The Morgan fingerprint density at radius 1 is 1.43 bits per heavy atom. The normalized spacial score (nSPS) is 16.1. The molecule has 1 aliphatic heterocycles. The van der Waals surface area contributed by atoms with Gasteiger partial charge in [-0.15, -0.1) is 0 Å². The SMILES string of the molecule is CCc1c(C(=O)N[C@H]2COCc3c2cnn3-c2c(C)cccc2Cl)n[nH]c1C. The number of carbonyl (C=O) groups is 1. The molecular weight excluding hydrogens is 378 g/mol. The van der Waals surface area contributed by atoms with Gasteiger partial charge in [-0.2, -0.15) is 10.2 Å². The quantitative estimate of drug-likeness (QED) is 0.703. The van der Waals surface area contributed by atoms with Crippen LogP contribution in [0.3, 0.4) is 0 Å². The molecule has 0 fully saturated rings. The van der Waals surface area contributed by atoms with E-state index >= 15 is 0 Å². The standard InChI is InChI=1S/C20H22ClN5O2/c1-4-13-12(3)24-25-18(13)20(27)23-16-9-28-10-17-14(16)8-22-26(17)19-11(2)6-5-7-15(19)21/h5-8,16H,4,9-10H2,1-3H3,(H,23,27)(H,24,25)/t16-/m0/s1. The number of hydrogen-bond acceptors (Lipinski definition) is 4. The summed E-state index contributed by atoms with van der Waals surface area (Å²) in [6.45, 7) is 6.71. The van der Waals surface area contributed by atoms with Crippen molar-refractivity contribution < 1.29 is 9.53 Å². The molecule has 0 bridgehead atoms. The van der Waals surface area contributed by atoms with Crippen LogP contribution in [-0.2, 0) is 17.8 Å². The number of ether oxygens (including phenoxy) is 1. The summed E-state index contributed by atoms with van der Waals surface area (Å²) in [5, 5.41) is 15.3. The van der Waals surface area contributed by atoms with Gasteiger partial charge in [0, 0.05) is 16.8 Å². The van der Waals surface area contributed by atoms with Crippen molar-refractivity contribution in [1.82, 2.24) is 25.3 Å². The van der Waals surface area contributed by atoms with Crippen molar-refractivity contribution >= 4 is 17.5 Å². The molecule has 1 aliphatic rings. The highest BCUT2D eigenvalue weighted by atomic mass is 35.5. The molecule has 4 rings (SSSR count). The topological polar surface area (TPSA) is 84.8 Å². The third-order valence-electron chi connectivity index (χ3n) is 5.15. The first-order chi connectivity index (χ1) is 13.5. The molecule has 3 aromatic rings. The van der Waals surface area contributed by atoms with Crippen LogP contribution in [0.25, 0.3) is 5.69 Å². The Kier molecular flexibility index (Phi) is 4.95. The first-order valence-electron chi connectivity index (χ1n) is 9.26. The van der Waals surface area contributed by atoms with Gasteiger partial charge in [0.2, 0.25) is 0 Å². The van der Waals surface area contributed by atoms with E-state index < -0.39 is 0 Å². The van der Waals surface area contributed by atoms with Crippen LogP contribution in [0.4, 0.5) is 0 Å². The van der Waals surface area contributed by atoms with E-state index in [0.29, 0.717) is 23.9 Å². The van der Waals surface area contributed by atoms with E-state index in [2.05, 4.69) is 20.6 Å². The monoisotopic (exact) mass is 399 g/mol. The van der Waals surface area contributed by atoms with Crippen LogP contribution in [0.1, 0.15) is 51.5 Å². The molecule has 2 aromatic heterocycles. The molecule has 28 heavy (non-hydrogen) atoms. The maximum absolute atomic E-state index is 12.8. The fourth-order valence-corrected chi connectivity index (χ4v) is 3.99. The molecule has 8 heteroatoms. The zero-order valence-corrected chi connectivity index (χ0v) is 16.8. The number of nitrogens with one attached hydrogen (secondary N) is 2. The summed E-state index contributed by atoms with van der Waals surface area (Å²) in [4.78, 5) is 12.8. The Morgan fingerprint density at radius 2 is 2.25 bits per heavy atom. The second-order valence-electron chi connectivity index (χ2n) is 6.93. The predicted octanol–water partition coefficient (Wildman–Crippen LogP) is 3.43. The van der Waals surface area contributed by atoms with Crippen LogP contribution >= 0.6 is 11.6 Å². The largest absolute Gasteiger partial charge is 0.373 e. The maximum Gasteiger partial charge on any atom is 0.272 e. The molecule has 1 atom stereocenters. The number of benzene rings is 1. The fourth-order valence-electron chi connectivity index (χ4n) is 3.69. The number of rotatable bonds is 4. The zero-order chi connectivity index (χ0) is 19.8. The van der Waals surface area contributed by atoms with Crippen LogP contribution in [0.5, 0.6) is 0 Å². The van der Waals surface area contributed by atoms with Crippen molar-refractivity contribution in [3.8, 4) is 5.69 Å². The minimum atomic E-state index is -0.297. The van der Waals surface area contributed by atoms with Gasteiger partial charge in [0.15, 0.2) is 5.69 Å². The van der Waals surface area contributed by atoms with Gasteiger partial charge in [-0.05, 0) is 31.9 Å². The van der Waals surface area contributed by atoms with Crippen molar-refractivity contribution in [1.29, 1.82) is 0 Å². The van der Waals surface area contributed by atoms with Crippen LogP contribution in [0, 0.1) is 13.8 Å². The van der Waals surface area contributed by atoms with Crippen molar-refractivity contribution in [2.75, 3.05) is 6.61 Å². The maximum atomic E-state index is 12.8. The number of H-pyrrole nitrogens is 1. The lowest BCUT2D eigenvalue weighted by Gasteiger charge is -2.24. The molecular formula is C20H22ClN5O2. The van der Waals surface area contributed by atoms with Gasteiger partial charge in [0.05, 0.1) is 41.9 Å². The molecule has 0 aliphatic carbocycles. The molecule has 0 spiro atoms. The van der Waals surface area contributed by atoms with Crippen molar-refractivity contribution in [3.05, 3.63) is 63.2 Å². The second kappa shape index (κ2) is 7.41. The molecule has 3 heterocycles. The second-order valence-corrected chi connectivity index (χ2v) is 7.34. The average Bonchev–Trinajstić information content (AvgIpc) is 3.26. The minimum Gasteiger partial charge on any atom is -0.373 e. The number of aromatic amines is 1. The lowest BCUT2D eigenvalue weighted by atomic mass is 10.0. The Labute approximate surface area is 168 Å². The summed E-state index contributed by atoms with van der Waals surface area (Å²) in [5.41, 5.74) is 5.95. The van der Waals surface area contributed by atoms with Crippen molar-refractivity contribution in [2.45, 2.75) is 39.8 Å². The summed E-state index contributed by atoms with van der Waals surface area (Å²) < 4.78 is 7.57. The third-order valence-corrected chi connectivity index (χ3v) is 5.45. The van der Waals surface area contributed by atoms with E-state index in [1.807, 2.05) is 43.7 Å². The molecule has 0 saturated heterocycles. The Balaban J connectivity index is 1.65. The van der Waals surface area contributed by atoms with E-state index in [4.69, 9.17) is 16.3 Å². The van der Waals surface area contributed by atoms with Gasteiger partial charge < -0.3 is 10.1 Å². The van der Waals surface area contributed by atoms with Crippen LogP contribution < -0.4 is 5.32 Å². The van der Waals surface area contributed by atoms with E-state index in [-0.39, 0.29) is 11.9 Å². The predicted molar refractivity (Wildman–Crippen MR) is 106 cm³/mol. The first kappa shape index (κ1) is 18.7. The summed E-state index contributed by atoms with van der Waals surface area (Å²) in [6.07, 6.45) is 2.52. The lowest BCUT2D eigenvalue weighted by Crippen LogP contribution is -2.35. The molecule has 1 amide bonds. The minimum absolute atomic E-state index is 0.218. The van der Waals surface area contributed by atoms with Crippen molar-refractivity contribution in [2.24, 2.45) is 0 Å². The summed E-state index contributed by atoms with van der Waals surface area (Å²) in [7, 11) is 0. The summed E-state index contributed by atoms with van der Waals surface area (Å²) >= 11 is 6.42. The number of halogens is 1. The van der Waals surface area contributed by atoms with Crippen molar-refractivity contribution in [3.63, 3.8) is 0 Å². The van der Waals surface area contributed by atoms with E-state index in [9.17, 15) is 4.79 Å². The van der Waals surface area contributed by atoms with Crippen LogP contribution in [0.2, 0.25) is 5.02 Å².